The number of thiazole rings is 1. The summed E-state index contributed by atoms with van der Waals surface area (Å²) in [5, 5.41) is 9.84. The van der Waals surface area contributed by atoms with Crippen molar-refractivity contribution in [2.45, 2.75) is 45.8 Å². The average Bonchev–Trinajstić information content (AvgIpc) is 3.14. The Morgan fingerprint density at radius 1 is 1.19 bits per heavy atom. The molecule has 0 aliphatic rings. The molecule has 1 aromatic carbocycles. The van der Waals surface area contributed by atoms with Crippen molar-refractivity contribution >= 4 is 17.3 Å². The van der Waals surface area contributed by atoms with E-state index < -0.39 is 0 Å². The number of hydrogen-bond donors (Lipinski definition) is 2. The smallest absolute Gasteiger partial charge is 0.191 e. The highest BCUT2D eigenvalue weighted by molar-refractivity contribution is 7.09. The van der Waals surface area contributed by atoms with Gasteiger partial charge in [0.2, 0.25) is 0 Å². The summed E-state index contributed by atoms with van der Waals surface area (Å²) in [5.74, 6) is 1.26. The Morgan fingerprint density at radius 3 is 2.62 bits per heavy atom. The summed E-state index contributed by atoms with van der Waals surface area (Å²) in [6.45, 7) is 8.63. The van der Waals surface area contributed by atoms with Gasteiger partial charge in [-0.25, -0.2) is 4.98 Å². The third kappa shape index (κ3) is 6.77. The lowest BCUT2D eigenvalue weighted by Crippen LogP contribution is -2.37. The van der Waals surface area contributed by atoms with Crippen molar-refractivity contribution in [3.63, 3.8) is 0 Å². The monoisotopic (exact) mass is 374 g/mol. The fourth-order valence-corrected chi connectivity index (χ4v) is 3.31. The summed E-state index contributed by atoms with van der Waals surface area (Å²) >= 11 is 1.69. The lowest BCUT2D eigenvalue weighted by Gasteiger charge is -2.14. The van der Waals surface area contributed by atoms with Crippen molar-refractivity contribution in [3.05, 3.63) is 52.0 Å². The predicted octanol–water partition coefficient (Wildman–Crippen LogP) is 4.10. The molecule has 1 atom stereocenters. The fraction of sp³-hybridized carbons (Fsp3) is 0.500. The van der Waals surface area contributed by atoms with Gasteiger partial charge in [-0.2, -0.15) is 0 Å². The average molecular weight is 375 g/mol. The highest BCUT2D eigenvalue weighted by Gasteiger charge is 2.07. The minimum absolute atomic E-state index is 0.119. The van der Waals surface area contributed by atoms with Crippen LogP contribution in [-0.4, -0.2) is 31.1 Å². The first kappa shape index (κ1) is 20.4. The van der Waals surface area contributed by atoms with E-state index >= 15 is 0 Å². The molecule has 0 saturated carbocycles. The van der Waals surface area contributed by atoms with E-state index in [-0.39, 0.29) is 6.10 Å². The second kappa shape index (κ2) is 10.9. The summed E-state index contributed by atoms with van der Waals surface area (Å²) < 4.78 is 5.89. The van der Waals surface area contributed by atoms with Crippen molar-refractivity contribution in [2.75, 3.05) is 20.2 Å². The van der Waals surface area contributed by atoms with Crippen LogP contribution in [0, 0.1) is 0 Å². The predicted molar refractivity (Wildman–Crippen MR) is 110 cm³/mol. The Hall–Kier alpha value is -1.92. The lowest BCUT2D eigenvalue weighted by molar-refractivity contribution is 0.0646. The Bertz CT molecular complexity index is 669. The van der Waals surface area contributed by atoms with Gasteiger partial charge in [0.25, 0.3) is 0 Å². The number of hydrogen-bond acceptors (Lipinski definition) is 4. The van der Waals surface area contributed by atoms with Crippen molar-refractivity contribution in [1.82, 2.24) is 15.6 Å². The van der Waals surface area contributed by atoms with Crippen LogP contribution in [0.2, 0.25) is 0 Å². The molecule has 0 amide bonds. The van der Waals surface area contributed by atoms with E-state index in [4.69, 9.17) is 4.74 Å². The Balaban J connectivity index is 1.62. The summed E-state index contributed by atoms with van der Waals surface area (Å²) in [6.07, 6.45) is 1.04. The van der Waals surface area contributed by atoms with Crippen LogP contribution in [-0.2, 0) is 11.3 Å². The van der Waals surface area contributed by atoms with Crippen LogP contribution in [0.1, 0.15) is 55.5 Å². The first-order valence-corrected chi connectivity index (χ1v) is 10.0. The van der Waals surface area contributed by atoms with E-state index in [9.17, 15) is 0 Å². The standard InChI is InChI=1S/C20H30N4OS/c1-15(2)18-14-26-19(24-18)13-23-20(21-4)22-11-8-12-25-16(3)17-9-6-5-7-10-17/h5-7,9-10,14-16H,8,11-13H2,1-4H3,(H2,21,22,23). The molecular weight excluding hydrogens is 344 g/mol. The van der Waals surface area contributed by atoms with E-state index in [2.05, 4.69) is 58.9 Å². The zero-order valence-electron chi connectivity index (χ0n) is 16.2. The van der Waals surface area contributed by atoms with E-state index in [1.807, 2.05) is 18.2 Å². The Morgan fingerprint density at radius 2 is 1.96 bits per heavy atom. The zero-order chi connectivity index (χ0) is 18.8. The molecule has 0 aliphatic carbocycles. The lowest BCUT2D eigenvalue weighted by atomic mass is 10.1. The molecule has 2 N–H and O–H groups in total. The maximum absolute atomic E-state index is 5.89. The van der Waals surface area contributed by atoms with Gasteiger partial charge in [-0.1, -0.05) is 44.2 Å². The largest absolute Gasteiger partial charge is 0.374 e. The Kier molecular flexibility index (Phi) is 8.58. The molecule has 142 valence electrons. The van der Waals surface area contributed by atoms with Gasteiger partial charge >= 0.3 is 0 Å². The highest BCUT2D eigenvalue weighted by Crippen LogP contribution is 2.17. The van der Waals surface area contributed by atoms with Gasteiger partial charge in [-0.3, -0.25) is 4.99 Å². The third-order valence-electron chi connectivity index (χ3n) is 4.04. The van der Waals surface area contributed by atoms with Crippen LogP contribution < -0.4 is 10.6 Å². The quantitative estimate of drug-likeness (QED) is 0.394. The number of nitrogens with one attached hydrogen (secondary N) is 2. The fourth-order valence-electron chi connectivity index (χ4n) is 2.41. The van der Waals surface area contributed by atoms with Gasteiger partial charge in [0.05, 0.1) is 18.3 Å². The van der Waals surface area contributed by atoms with Crippen molar-refractivity contribution in [1.29, 1.82) is 0 Å². The molecule has 1 aromatic heterocycles. The number of rotatable bonds is 9. The number of aliphatic imine (C=N–C) groups is 1. The topological polar surface area (TPSA) is 58.5 Å². The molecule has 6 heteroatoms. The summed E-state index contributed by atoms with van der Waals surface area (Å²) in [7, 11) is 1.78. The summed E-state index contributed by atoms with van der Waals surface area (Å²) in [4.78, 5) is 8.88. The minimum atomic E-state index is 0.119. The van der Waals surface area contributed by atoms with Gasteiger partial charge in [0, 0.05) is 25.6 Å². The van der Waals surface area contributed by atoms with Crippen LogP contribution in [0.25, 0.3) is 0 Å². The molecule has 1 unspecified atom stereocenters. The molecule has 0 spiro atoms. The number of nitrogens with zero attached hydrogens (tertiary/aromatic N) is 2. The van der Waals surface area contributed by atoms with Crippen LogP contribution in [0.5, 0.6) is 0 Å². The van der Waals surface area contributed by atoms with Gasteiger partial charge < -0.3 is 15.4 Å². The number of aromatic nitrogens is 1. The van der Waals surface area contributed by atoms with E-state index in [1.165, 1.54) is 5.56 Å². The van der Waals surface area contributed by atoms with E-state index in [0.29, 0.717) is 19.1 Å². The zero-order valence-corrected chi connectivity index (χ0v) is 17.0. The van der Waals surface area contributed by atoms with E-state index in [0.717, 1.165) is 29.6 Å². The number of ether oxygens (including phenoxy) is 1. The van der Waals surface area contributed by atoms with Gasteiger partial charge in [0.1, 0.15) is 5.01 Å². The molecule has 0 radical (unpaired) electrons. The minimum Gasteiger partial charge on any atom is -0.374 e. The normalized spacial score (nSPS) is 13.0. The second-order valence-corrected chi connectivity index (χ2v) is 7.39. The maximum Gasteiger partial charge on any atom is 0.191 e. The van der Waals surface area contributed by atoms with Crippen LogP contribution >= 0.6 is 11.3 Å². The summed E-state index contributed by atoms with van der Waals surface area (Å²) in [6, 6.07) is 10.3. The third-order valence-corrected chi connectivity index (χ3v) is 4.91. The van der Waals surface area contributed by atoms with Crippen molar-refractivity contribution in [2.24, 2.45) is 4.99 Å². The molecule has 0 aliphatic heterocycles. The van der Waals surface area contributed by atoms with Gasteiger partial charge in [0.15, 0.2) is 5.96 Å². The SMILES string of the molecule is CN=C(NCCCOC(C)c1ccccc1)NCc1nc(C(C)C)cs1. The van der Waals surface area contributed by atoms with Gasteiger partial charge in [-0.15, -0.1) is 11.3 Å². The number of benzene rings is 1. The molecule has 2 aromatic rings. The summed E-state index contributed by atoms with van der Waals surface area (Å²) in [5.41, 5.74) is 2.36. The molecule has 0 bridgehead atoms. The Labute approximate surface area is 160 Å². The molecule has 0 fully saturated rings. The number of guanidine groups is 1. The highest BCUT2D eigenvalue weighted by atomic mass is 32.1. The van der Waals surface area contributed by atoms with Gasteiger partial charge in [-0.05, 0) is 24.8 Å². The molecule has 0 saturated heterocycles. The molecule has 26 heavy (non-hydrogen) atoms. The molecule has 1 heterocycles. The van der Waals surface area contributed by atoms with Crippen LogP contribution in [0.4, 0.5) is 0 Å². The van der Waals surface area contributed by atoms with Crippen LogP contribution in [0.3, 0.4) is 0 Å². The van der Waals surface area contributed by atoms with Crippen LogP contribution in [0.15, 0.2) is 40.7 Å². The molecule has 5 nitrogen and oxygen atoms in total. The van der Waals surface area contributed by atoms with Crippen molar-refractivity contribution in [3.8, 4) is 0 Å². The second-order valence-electron chi connectivity index (χ2n) is 6.45. The van der Waals surface area contributed by atoms with Crippen molar-refractivity contribution < 1.29 is 4.74 Å². The first-order valence-electron chi connectivity index (χ1n) is 9.15. The molecule has 2 rings (SSSR count). The maximum atomic E-state index is 5.89. The van der Waals surface area contributed by atoms with E-state index in [1.54, 1.807) is 18.4 Å². The first-order chi connectivity index (χ1) is 12.6. The molecular formula is C20H30N4OS.